The fourth-order valence-electron chi connectivity index (χ4n) is 2.14. The van der Waals surface area contributed by atoms with Crippen molar-refractivity contribution in [2.45, 2.75) is 13.0 Å². The molecule has 5 heteroatoms. The maximum atomic E-state index is 14.0. The molecule has 0 spiro atoms. The van der Waals surface area contributed by atoms with Gasteiger partial charge >= 0.3 is 0 Å². The molecule has 0 unspecified atom stereocenters. The Bertz CT molecular complexity index is 549. The number of amides is 1. The number of nitrogens with one attached hydrogen (secondary N) is 1. The zero-order chi connectivity index (χ0) is 14.4. The second-order valence-corrected chi connectivity index (χ2v) is 4.68. The molecule has 0 radical (unpaired) electrons. The Morgan fingerprint density at radius 1 is 1.45 bits per heavy atom. The van der Waals surface area contributed by atoms with Crippen LogP contribution in [0, 0.1) is 17.7 Å². The summed E-state index contributed by atoms with van der Waals surface area (Å²) < 4.78 is 14.0. The molecular weight excluding hydrogens is 259 g/mol. The highest BCUT2D eigenvalue weighted by Gasteiger charge is 2.16. The standard InChI is InChI=1S/C15H17FN2O2/c16-14-9-12(3-1-8-19)4-5-13(14)10-18-7-2-6-17-15(20)11-18/h4-5,9,19H,2,6-8,10-11H2,(H,17,20). The fourth-order valence-corrected chi connectivity index (χ4v) is 2.14. The number of hydrogen-bond donors (Lipinski definition) is 2. The molecular formula is C15H17FN2O2. The van der Waals surface area contributed by atoms with Crippen LogP contribution in [0.4, 0.5) is 4.39 Å². The van der Waals surface area contributed by atoms with E-state index in [4.69, 9.17) is 5.11 Å². The van der Waals surface area contributed by atoms with Gasteiger partial charge in [-0.2, -0.15) is 0 Å². The summed E-state index contributed by atoms with van der Waals surface area (Å²) in [5.41, 5.74) is 1.09. The van der Waals surface area contributed by atoms with Gasteiger partial charge in [0.2, 0.25) is 5.91 Å². The summed E-state index contributed by atoms with van der Waals surface area (Å²) in [6, 6.07) is 4.76. The molecule has 0 atom stereocenters. The molecule has 4 nitrogen and oxygen atoms in total. The zero-order valence-electron chi connectivity index (χ0n) is 11.2. The van der Waals surface area contributed by atoms with Gasteiger partial charge in [0, 0.05) is 30.8 Å². The Morgan fingerprint density at radius 3 is 3.05 bits per heavy atom. The third-order valence-electron chi connectivity index (χ3n) is 3.10. The minimum atomic E-state index is -0.334. The maximum Gasteiger partial charge on any atom is 0.234 e. The smallest absolute Gasteiger partial charge is 0.234 e. The predicted octanol–water partition coefficient (Wildman–Crippen LogP) is 0.491. The molecule has 1 aliphatic rings. The van der Waals surface area contributed by atoms with Crippen molar-refractivity contribution in [2.24, 2.45) is 0 Å². The zero-order valence-corrected chi connectivity index (χ0v) is 11.2. The third-order valence-corrected chi connectivity index (χ3v) is 3.10. The third kappa shape index (κ3) is 4.05. The Morgan fingerprint density at radius 2 is 2.30 bits per heavy atom. The highest BCUT2D eigenvalue weighted by Crippen LogP contribution is 2.13. The lowest BCUT2D eigenvalue weighted by molar-refractivity contribution is -0.121. The first kappa shape index (κ1) is 14.5. The number of aliphatic hydroxyl groups is 1. The van der Waals surface area contributed by atoms with Crippen LogP contribution in [0.2, 0.25) is 0 Å². The Labute approximate surface area is 117 Å². The van der Waals surface area contributed by atoms with Crippen LogP contribution < -0.4 is 5.32 Å². The lowest BCUT2D eigenvalue weighted by Gasteiger charge is -2.18. The maximum absolute atomic E-state index is 14.0. The molecule has 1 saturated heterocycles. The second kappa shape index (κ2) is 7.04. The molecule has 2 rings (SSSR count). The van der Waals surface area contributed by atoms with Crippen molar-refractivity contribution >= 4 is 5.91 Å². The predicted molar refractivity (Wildman–Crippen MR) is 73.3 cm³/mol. The van der Waals surface area contributed by atoms with E-state index in [-0.39, 0.29) is 18.3 Å². The lowest BCUT2D eigenvalue weighted by Crippen LogP contribution is -2.32. The minimum absolute atomic E-state index is 0.0201. The molecule has 2 N–H and O–H groups in total. The summed E-state index contributed by atoms with van der Waals surface area (Å²) in [6.07, 6.45) is 0.868. The van der Waals surface area contributed by atoms with E-state index in [1.165, 1.54) is 6.07 Å². The average molecular weight is 276 g/mol. The summed E-state index contributed by atoms with van der Waals surface area (Å²) >= 11 is 0. The highest BCUT2D eigenvalue weighted by molar-refractivity contribution is 5.78. The van der Waals surface area contributed by atoms with Crippen molar-refractivity contribution in [3.05, 3.63) is 35.1 Å². The van der Waals surface area contributed by atoms with Crippen LogP contribution in [0.15, 0.2) is 18.2 Å². The number of carbonyl (C=O) groups excluding carboxylic acids is 1. The number of aliphatic hydroxyl groups excluding tert-OH is 1. The number of nitrogens with zero attached hydrogens (tertiary/aromatic N) is 1. The van der Waals surface area contributed by atoms with E-state index < -0.39 is 0 Å². The molecule has 1 amide bonds. The van der Waals surface area contributed by atoms with E-state index in [1.54, 1.807) is 12.1 Å². The van der Waals surface area contributed by atoms with Gasteiger partial charge in [-0.15, -0.1) is 0 Å². The summed E-state index contributed by atoms with van der Waals surface area (Å²) in [5, 5.41) is 11.4. The van der Waals surface area contributed by atoms with Gasteiger partial charge in [0.15, 0.2) is 0 Å². The van der Waals surface area contributed by atoms with Crippen LogP contribution in [-0.2, 0) is 11.3 Å². The quantitative estimate of drug-likeness (QED) is 0.773. The summed E-state index contributed by atoms with van der Waals surface area (Å²) in [7, 11) is 0. The van der Waals surface area contributed by atoms with Crippen molar-refractivity contribution in [1.82, 2.24) is 10.2 Å². The van der Waals surface area contributed by atoms with Crippen LogP contribution in [0.5, 0.6) is 0 Å². The minimum Gasteiger partial charge on any atom is -0.384 e. The van der Waals surface area contributed by atoms with Crippen LogP contribution in [0.3, 0.4) is 0 Å². The van der Waals surface area contributed by atoms with Gasteiger partial charge in [-0.3, -0.25) is 9.69 Å². The molecule has 20 heavy (non-hydrogen) atoms. The van der Waals surface area contributed by atoms with Crippen molar-refractivity contribution in [3.8, 4) is 11.8 Å². The number of rotatable bonds is 2. The molecule has 0 aromatic heterocycles. The molecule has 0 bridgehead atoms. The normalized spacial score (nSPS) is 16.0. The Kier molecular flexibility index (Phi) is 5.10. The van der Waals surface area contributed by atoms with E-state index in [1.807, 2.05) is 4.90 Å². The molecule has 1 aromatic carbocycles. The Balaban J connectivity index is 2.07. The molecule has 1 fully saturated rings. The van der Waals surface area contributed by atoms with E-state index >= 15 is 0 Å². The Hall–Kier alpha value is -1.90. The van der Waals surface area contributed by atoms with Crippen LogP contribution in [0.1, 0.15) is 17.5 Å². The van der Waals surface area contributed by atoms with Gasteiger partial charge < -0.3 is 10.4 Å². The summed E-state index contributed by atoms with van der Waals surface area (Å²) in [6.45, 7) is 1.91. The number of halogens is 1. The topological polar surface area (TPSA) is 52.6 Å². The van der Waals surface area contributed by atoms with E-state index in [0.717, 1.165) is 13.0 Å². The van der Waals surface area contributed by atoms with Gasteiger partial charge in [-0.05, 0) is 18.6 Å². The number of benzene rings is 1. The van der Waals surface area contributed by atoms with E-state index in [2.05, 4.69) is 17.2 Å². The summed E-state index contributed by atoms with van der Waals surface area (Å²) in [4.78, 5) is 13.4. The average Bonchev–Trinajstić information content (AvgIpc) is 2.63. The molecule has 106 valence electrons. The van der Waals surface area contributed by atoms with Gasteiger partial charge in [0.25, 0.3) is 0 Å². The van der Waals surface area contributed by atoms with Crippen LogP contribution in [-0.4, -0.2) is 42.2 Å². The summed E-state index contributed by atoms with van der Waals surface area (Å²) in [5.74, 6) is 4.79. The monoisotopic (exact) mass is 276 g/mol. The number of carbonyl (C=O) groups is 1. The van der Waals surface area contributed by atoms with Crippen molar-refractivity contribution in [2.75, 3.05) is 26.2 Å². The van der Waals surface area contributed by atoms with Crippen molar-refractivity contribution in [1.29, 1.82) is 0 Å². The van der Waals surface area contributed by atoms with Gasteiger partial charge in [0.05, 0.1) is 6.54 Å². The largest absolute Gasteiger partial charge is 0.384 e. The van der Waals surface area contributed by atoms with Gasteiger partial charge in [-0.25, -0.2) is 4.39 Å². The van der Waals surface area contributed by atoms with E-state index in [9.17, 15) is 9.18 Å². The highest BCUT2D eigenvalue weighted by atomic mass is 19.1. The van der Waals surface area contributed by atoms with Crippen LogP contribution in [0.25, 0.3) is 0 Å². The van der Waals surface area contributed by atoms with Crippen LogP contribution >= 0.6 is 0 Å². The van der Waals surface area contributed by atoms with Gasteiger partial charge in [0.1, 0.15) is 12.4 Å². The molecule has 0 aliphatic carbocycles. The first-order valence-corrected chi connectivity index (χ1v) is 6.56. The molecule has 1 heterocycles. The first-order valence-electron chi connectivity index (χ1n) is 6.56. The van der Waals surface area contributed by atoms with Crippen molar-refractivity contribution in [3.63, 3.8) is 0 Å². The van der Waals surface area contributed by atoms with E-state index in [0.29, 0.717) is 30.8 Å². The first-order chi connectivity index (χ1) is 9.69. The molecule has 0 saturated carbocycles. The SMILES string of the molecule is O=C1CN(Cc2ccc(C#CCO)cc2F)CCCN1. The fraction of sp³-hybridized carbons (Fsp3) is 0.400. The molecule has 1 aromatic rings. The second-order valence-electron chi connectivity index (χ2n) is 4.68. The number of hydrogen-bond acceptors (Lipinski definition) is 3. The lowest BCUT2D eigenvalue weighted by atomic mass is 10.1. The van der Waals surface area contributed by atoms with Crippen molar-refractivity contribution < 1.29 is 14.3 Å². The van der Waals surface area contributed by atoms with Gasteiger partial charge in [-0.1, -0.05) is 17.9 Å². The molecule has 1 aliphatic heterocycles.